The van der Waals surface area contributed by atoms with Gasteiger partial charge in [0.1, 0.15) is 12.6 Å². The molecule has 248 valence electrons. The van der Waals surface area contributed by atoms with Crippen molar-refractivity contribution in [3.63, 3.8) is 0 Å². The average molecular weight is 736 g/mol. The highest BCUT2D eigenvalue weighted by Crippen LogP contribution is 2.31. The molecule has 0 saturated carbocycles. The Bertz CT molecular complexity index is 1770. The van der Waals surface area contributed by atoms with Crippen LogP contribution in [-0.2, 0) is 32.6 Å². The van der Waals surface area contributed by atoms with Gasteiger partial charge in [-0.1, -0.05) is 114 Å². The van der Waals surface area contributed by atoms with E-state index in [-0.39, 0.29) is 33.6 Å². The molecule has 1 atom stereocenters. The van der Waals surface area contributed by atoms with Gasteiger partial charge in [-0.15, -0.1) is 0 Å². The molecule has 0 aliphatic heterocycles. The van der Waals surface area contributed by atoms with Gasteiger partial charge in [0, 0.05) is 45.2 Å². The molecule has 0 radical (unpaired) electrons. The number of anilines is 1. The molecular weight excluding hydrogens is 700 g/mol. The number of hydrogen-bond donors (Lipinski definition) is 1. The molecule has 4 aromatic carbocycles. The van der Waals surface area contributed by atoms with Gasteiger partial charge >= 0.3 is 0 Å². The van der Waals surface area contributed by atoms with Gasteiger partial charge in [0.25, 0.3) is 10.0 Å². The van der Waals surface area contributed by atoms with Crippen molar-refractivity contribution in [2.24, 2.45) is 0 Å². The van der Waals surface area contributed by atoms with Crippen LogP contribution in [0.1, 0.15) is 36.5 Å². The second kappa shape index (κ2) is 16.7. The van der Waals surface area contributed by atoms with Crippen LogP contribution in [0.5, 0.6) is 0 Å². The zero-order valence-electron chi connectivity index (χ0n) is 25.9. The number of aryl methyl sites for hydroxylation is 1. The Morgan fingerprint density at radius 3 is 2.04 bits per heavy atom. The first-order valence-corrected chi connectivity index (χ1v) is 18.0. The zero-order valence-corrected chi connectivity index (χ0v) is 29.8. The summed E-state index contributed by atoms with van der Waals surface area (Å²) in [6.45, 7) is 3.41. The highest BCUT2D eigenvalue weighted by molar-refractivity contribution is 7.92. The third kappa shape index (κ3) is 9.64. The average Bonchev–Trinajstić information content (AvgIpc) is 3.03. The van der Waals surface area contributed by atoms with Gasteiger partial charge in [-0.3, -0.25) is 13.9 Å². The Morgan fingerprint density at radius 2 is 1.45 bits per heavy atom. The van der Waals surface area contributed by atoms with Crippen LogP contribution in [-0.4, -0.2) is 44.3 Å². The zero-order chi connectivity index (χ0) is 34.1. The maximum absolute atomic E-state index is 14.6. The Hall–Kier alpha value is -3.27. The highest BCUT2D eigenvalue weighted by Gasteiger charge is 2.35. The molecule has 0 fully saturated rings. The lowest BCUT2D eigenvalue weighted by Gasteiger charge is -2.34. The van der Waals surface area contributed by atoms with Crippen LogP contribution < -0.4 is 9.62 Å². The van der Waals surface area contributed by atoms with E-state index < -0.39 is 34.4 Å². The van der Waals surface area contributed by atoms with Crippen LogP contribution in [0, 0.1) is 6.92 Å². The number of rotatable bonds is 14. The molecule has 0 bridgehead atoms. The van der Waals surface area contributed by atoms with Gasteiger partial charge in [0.2, 0.25) is 11.8 Å². The number of benzene rings is 4. The predicted octanol–water partition coefficient (Wildman–Crippen LogP) is 8.36. The second-order valence-corrected chi connectivity index (χ2v) is 14.6. The molecule has 0 spiro atoms. The molecule has 4 rings (SSSR count). The van der Waals surface area contributed by atoms with Crippen LogP contribution in [0.3, 0.4) is 0 Å². The summed E-state index contributed by atoms with van der Waals surface area (Å²) < 4.78 is 29.4. The summed E-state index contributed by atoms with van der Waals surface area (Å²) in [5.41, 5.74) is 2.16. The first-order valence-electron chi connectivity index (χ1n) is 15.0. The van der Waals surface area contributed by atoms with E-state index in [9.17, 15) is 18.0 Å². The second-order valence-electron chi connectivity index (χ2n) is 11.0. The van der Waals surface area contributed by atoms with E-state index in [0.29, 0.717) is 22.2 Å². The number of carbonyl (C=O) groups is 2. The van der Waals surface area contributed by atoms with Gasteiger partial charge in [-0.05, 0) is 61.4 Å². The fourth-order valence-corrected chi connectivity index (χ4v) is 7.39. The lowest BCUT2D eigenvalue weighted by Crippen LogP contribution is -2.53. The van der Waals surface area contributed by atoms with E-state index >= 15 is 0 Å². The van der Waals surface area contributed by atoms with E-state index in [2.05, 4.69) is 5.32 Å². The maximum atomic E-state index is 14.6. The molecule has 0 heterocycles. The molecule has 0 saturated heterocycles. The van der Waals surface area contributed by atoms with Gasteiger partial charge in [-0.25, -0.2) is 8.42 Å². The molecule has 1 N–H and O–H groups in total. The SMILES string of the molecule is CCCCNC(=O)C(Cc1ccccc1)N(Cc1c(Cl)cccc1Cl)C(=O)CN(c1cc(Cl)cc(Cl)c1)S(=O)(=O)c1ccc(C)cc1. The molecule has 47 heavy (non-hydrogen) atoms. The Balaban J connectivity index is 1.85. The lowest BCUT2D eigenvalue weighted by molar-refractivity contribution is -0.140. The third-order valence-corrected chi connectivity index (χ3v) is 10.4. The van der Waals surface area contributed by atoms with Crippen molar-refractivity contribution in [1.82, 2.24) is 10.2 Å². The summed E-state index contributed by atoms with van der Waals surface area (Å²) in [5.74, 6) is -1.06. The summed E-state index contributed by atoms with van der Waals surface area (Å²) in [7, 11) is -4.33. The first kappa shape index (κ1) is 36.6. The summed E-state index contributed by atoms with van der Waals surface area (Å²) in [5, 5.41) is 3.91. The fraction of sp³-hybridized carbons (Fsp3) is 0.257. The van der Waals surface area contributed by atoms with Crippen molar-refractivity contribution < 1.29 is 18.0 Å². The minimum atomic E-state index is -4.33. The number of unbranched alkanes of at least 4 members (excludes halogenated alkanes) is 1. The largest absolute Gasteiger partial charge is 0.354 e. The summed E-state index contributed by atoms with van der Waals surface area (Å²) in [6, 6.07) is 23.8. The quantitative estimate of drug-likeness (QED) is 0.132. The van der Waals surface area contributed by atoms with Crippen LogP contribution in [0.25, 0.3) is 0 Å². The number of amides is 2. The van der Waals surface area contributed by atoms with Crippen LogP contribution >= 0.6 is 46.4 Å². The molecule has 0 aliphatic carbocycles. The van der Waals surface area contributed by atoms with E-state index in [4.69, 9.17) is 46.4 Å². The lowest BCUT2D eigenvalue weighted by atomic mass is 10.0. The van der Waals surface area contributed by atoms with Gasteiger partial charge in [0.15, 0.2) is 0 Å². The minimum Gasteiger partial charge on any atom is -0.354 e. The molecular formula is C35H35Cl4N3O4S. The van der Waals surface area contributed by atoms with E-state index in [1.165, 1.54) is 35.2 Å². The Labute approximate surface area is 296 Å². The third-order valence-electron chi connectivity index (χ3n) is 7.51. The van der Waals surface area contributed by atoms with Gasteiger partial charge in [0.05, 0.1) is 10.6 Å². The van der Waals surface area contributed by atoms with Crippen molar-refractivity contribution in [3.05, 3.63) is 128 Å². The Morgan fingerprint density at radius 1 is 0.830 bits per heavy atom. The predicted molar refractivity (Wildman–Crippen MR) is 191 cm³/mol. The van der Waals surface area contributed by atoms with Gasteiger partial charge < -0.3 is 10.2 Å². The summed E-state index contributed by atoms with van der Waals surface area (Å²) in [4.78, 5) is 29.8. The number of hydrogen-bond acceptors (Lipinski definition) is 4. The number of nitrogens with one attached hydrogen (secondary N) is 1. The molecule has 7 nitrogen and oxygen atoms in total. The number of carbonyl (C=O) groups excluding carboxylic acids is 2. The molecule has 4 aromatic rings. The van der Waals surface area contributed by atoms with Crippen molar-refractivity contribution in [2.45, 2.75) is 50.6 Å². The van der Waals surface area contributed by atoms with Gasteiger partial charge in [-0.2, -0.15) is 0 Å². The standard InChI is InChI=1S/C35H35Cl4N3O4S/c1-3-4-17-40-35(44)33(18-25-9-6-5-7-10-25)41(22-30-31(38)11-8-12-32(30)39)34(43)23-42(28-20-26(36)19-27(37)21-28)47(45,46)29-15-13-24(2)14-16-29/h5-16,19-21,33H,3-4,17-18,22-23H2,1-2H3,(H,40,44). The Kier molecular flexibility index (Phi) is 13.0. The van der Waals surface area contributed by atoms with Crippen molar-refractivity contribution in [1.29, 1.82) is 0 Å². The summed E-state index contributed by atoms with van der Waals surface area (Å²) >= 11 is 25.8. The van der Waals surface area contributed by atoms with Crippen LogP contribution in [0.15, 0.2) is 95.9 Å². The topological polar surface area (TPSA) is 86.8 Å². The van der Waals surface area contributed by atoms with Crippen LogP contribution in [0.4, 0.5) is 5.69 Å². The fourth-order valence-electron chi connectivity index (χ4n) is 4.96. The number of sulfonamides is 1. The summed E-state index contributed by atoms with van der Waals surface area (Å²) in [6.07, 6.45) is 1.75. The molecule has 1 unspecified atom stereocenters. The van der Waals surface area contributed by atoms with E-state index in [1.807, 2.05) is 44.2 Å². The number of halogens is 4. The van der Waals surface area contributed by atoms with Crippen molar-refractivity contribution >= 4 is 73.9 Å². The van der Waals surface area contributed by atoms with Crippen molar-refractivity contribution in [3.8, 4) is 0 Å². The molecule has 12 heteroatoms. The van der Waals surface area contributed by atoms with E-state index in [0.717, 1.165) is 28.3 Å². The molecule has 0 aliphatic rings. The first-order chi connectivity index (χ1) is 22.4. The van der Waals surface area contributed by atoms with E-state index in [1.54, 1.807) is 30.3 Å². The van der Waals surface area contributed by atoms with Crippen LogP contribution in [0.2, 0.25) is 20.1 Å². The van der Waals surface area contributed by atoms with Crippen molar-refractivity contribution in [2.75, 3.05) is 17.4 Å². The smallest absolute Gasteiger partial charge is 0.264 e. The highest BCUT2D eigenvalue weighted by atomic mass is 35.5. The number of nitrogens with zero attached hydrogens (tertiary/aromatic N) is 2. The minimum absolute atomic E-state index is 0.0363. The maximum Gasteiger partial charge on any atom is 0.264 e. The monoisotopic (exact) mass is 733 g/mol. The molecule has 0 aromatic heterocycles. The molecule has 2 amide bonds. The normalized spacial score (nSPS) is 12.0.